The summed E-state index contributed by atoms with van der Waals surface area (Å²) < 4.78 is 138. The van der Waals surface area contributed by atoms with Crippen LogP contribution < -0.4 is 11.7 Å². The Kier molecular flexibility index (Phi) is 4.97. The Hall–Kier alpha value is -1.83. The number of halogens is 11. The van der Waals surface area contributed by atoms with E-state index in [1.165, 1.54) is 0 Å². The fraction of sp³-hybridized carbons (Fsp3) is 0.714. The number of alkyl halides is 11. The lowest BCUT2D eigenvalue weighted by Gasteiger charge is -2.36. The van der Waals surface area contributed by atoms with Crippen LogP contribution in [0.15, 0.2) is 10.2 Å². The lowest BCUT2D eigenvalue weighted by atomic mass is 9.95. The first-order valence-corrected chi connectivity index (χ1v) is 4.62. The molecule has 0 aliphatic heterocycles. The maximum absolute atomic E-state index is 13.2. The van der Waals surface area contributed by atoms with Gasteiger partial charge in [-0.2, -0.15) is 58.5 Å². The molecule has 0 amide bonds. The van der Waals surface area contributed by atoms with Crippen molar-refractivity contribution in [3.63, 3.8) is 0 Å². The predicted octanol–water partition coefficient (Wildman–Crippen LogP) is 2.35. The Morgan fingerprint density at radius 3 is 1.36 bits per heavy atom. The van der Waals surface area contributed by atoms with Gasteiger partial charge in [0.15, 0.2) is 5.71 Å². The molecule has 0 saturated heterocycles. The second kappa shape index (κ2) is 5.42. The van der Waals surface area contributed by atoms with Gasteiger partial charge in [0.05, 0.1) is 6.21 Å². The van der Waals surface area contributed by atoms with E-state index in [1.807, 2.05) is 5.10 Å². The average molecular weight is 354 g/mol. The summed E-state index contributed by atoms with van der Waals surface area (Å²) >= 11 is 0. The molecule has 0 radical (unpaired) electrons. The number of hydrogen-bond acceptors (Lipinski definition) is 4. The minimum Gasteiger partial charge on any atom is -0.323 e. The van der Waals surface area contributed by atoms with E-state index in [0.29, 0.717) is 0 Å². The molecule has 0 spiro atoms. The van der Waals surface area contributed by atoms with E-state index < -0.39 is 41.8 Å². The Balaban J connectivity index is 6.22. The molecule has 130 valence electrons. The van der Waals surface area contributed by atoms with Gasteiger partial charge < -0.3 is 11.7 Å². The summed E-state index contributed by atoms with van der Waals surface area (Å²) in [7, 11) is 0. The smallest absolute Gasteiger partial charge is 0.323 e. The lowest BCUT2D eigenvalue weighted by Crippen LogP contribution is -2.68. The Labute approximate surface area is 113 Å². The second-order valence-corrected chi connectivity index (χ2v) is 3.59. The topological polar surface area (TPSA) is 76.8 Å². The van der Waals surface area contributed by atoms with Crippen LogP contribution in [0.5, 0.6) is 0 Å². The third kappa shape index (κ3) is 2.63. The molecular weight excluding hydrogens is 349 g/mol. The van der Waals surface area contributed by atoms with E-state index >= 15 is 0 Å². The molecule has 4 N–H and O–H groups in total. The normalized spacial score (nSPS) is 16.4. The number of hydrogen-bond donors (Lipinski definition) is 2. The Morgan fingerprint density at radius 2 is 1.09 bits per heavy atom. The molecular formula is C7H5F11N4. The highest BCUT2D eigenvalue weighted by Gasteiger charge is 2.87. The molecule has 0 aliphatic rings. The fourth-order valence-corrected chi connectivity index (χ4v) is 0.999. The van der Waals surface area contributed by atoms with Crippen LogP contribution in [0, 0.1) is 0 Å². The first-order chi connectivity index (χ1) is 9.52. The molecule has 22 heavy (non-hydrogen) atoms. The van der Waals surface area contributed by atoms with Gasteiger partial charge in [-0.05, 0) is 0 Å². The Bertz CT molecular complexity index is 464. The number of hydrazone groups is 2. The molecule has 15 heteroatoms. The fourth-order valence-electron chi connectivity index (χ4n) is 0.999. The van der Waals surface area contributed by atoms with E-state index in [0.717, 1.165) is 0 Å². The average Bonchev–Trinajstić information content (AvgIpc) is 2.33. The molecule has 4 nitrogen and oxygen atoms in total. The van der Waals surface area contributed by atoms with Crippen molar-refractivity contribution in [1.29, 1.82) is 0 Å². The van der Waals surface area contributed by atoms with E-state index in [9.17, 15) is 48.3 Å². The van der Waals surface area contributed by atoms with Crippen LogP contribution in [-0.2, 0) is 0 Å². The van der Waals surface area contributed by atoms with Gasteiger partial charge in [0.25, 0.3) is 0 Å². The van der Waals surface area contributed by atoms with Crippen molar-refractivity contribution in [1.82, 2.24) is 0 Å². The summed E-state index contributed by atoms with van der Waals surface area (Å²) in [5, 5.41) is 4.05. The van der Waals surface area contributed by atoms with Crippen molar-refractivity contribution in [2.45, 2.75) is 29.9 Å². The molecule has 0 aromatic heterocycles. The number of rotatable bonds is 5. The first-order valence-electron chi connectivity index (χ1n) is 4.62. The molecule has 0 bridgehead atoms. The zero-order chi connectivity index (χ0) is 18.2. The van der Waals surface area contributed by atoms with Gasteiger partial charge in [-0.15, -0.1) is 0 Å². The quantitative estimate of drug-likeness (QED) is 0.344. The molecule has 0 fully saturated rings. The van der Waals surface area contributed by atoms with Gasteiger partial charge in [0.1, 0.15) is 0 Å². The maximum Gasteiger partial charge on any atom is 0.460 e. The minimum absolute atomic E-state index is 0.518. The molecule has 0 saturated carbocycles. The van der Waals surface area contributed by atoms with Gasteiger partial charge in [0, 0.05) is 0 Å². The Morgan fingerprint density at radius 1 is 0.682 bits per heavy atom. The van der Waals surface area contributed by atoms with Crippen LogP contribution >= 0.6 is 0 Å². The van der Waals surface area contributed by atoms with Crippen molar-refractivity contribution in [2.75, 3.05) is 0 Å². The van der Waals surface area contributed by atoms with Crippen LogP contribution in [0.1, 0.15) is 0 Å². The second-order valence-electron chi connectivity index (χ2n) is 3.59. The largest absolute Gasteiger partial charge is 0.460 e. The first kappa shape index (κ1) is 20.2. The lowest BCUT2D eigenvalue weighted by molar-refractivity contribution is -0.414. The number of nitrogens with zero attached hydrogens (tertiary/aromatic N) is 2. The zero-order valence-corrected chi connectivity index (χ0v) is 9.78. The van der Waals surface area contributed by atoms with Crippen LogP contribution in [0.4, 0.5) is 48.3 Å². The van der Waals surface area contributed by atoms with Gasteiger partial charge in [-0.1, -0.05) is 0 Å². The SMILES string of the molecule is N/N=C(/C=N/N)C(F)(F)C(F)(F)C(F)(F)C(F)(F)C(F)(F)F. The van der Waals surface area contributed by atoms with Crippen LogP contribution in [0.2, 0.25) is 0 Å². The molecule has 0 rings (SSSR count). The monoisotopic (exact) mass is 354 g/mol. The summed E-state index contributed by atoms with van der Waals surface area (Å²) in [4.78, 5) is 0. The van der Waals surface area contributed by atoms with Gasteiger partial charge in [-0.25, -0.2) is 0 Å². The van der Waals surface area contributed by atoms with Crippen molar-refractivity contribution < 1.29 is 48.3 Å². The molecule has 0 aromatic rings. The van der Waals surface area contributed by atoms with Gasteiger partial charge >= 0.3 is 29.9 Å². The summed E-state index contributed by atoms with van der Waals surface area (Å²) in [5.41, 5.74) is -2.54. The maximum atomic E-state index is 13.2. The third-order valence-corrected chi connectivity index (χ3v) is 2.20. The highest BCUT2D eigenvalue weighted by molar-refractivity contribution is 6.33. The zero-order valence-electron chi connectivity index (χ0n) is 9.78. The summed E-state index contributed by atoms with van der Waals surface area (Å²) in [5.74, 6) is -20.2. The standard InChI is InChI=1S/C7H5F11N4/c8-3(9,2(22-20)1-21-19)4(10,11)5(12,13)6(14,15)7(16,17)18/h1H,19-20H2/b21-1+,22-2-. The van der Waals surface area contributed by atoms with Crippen LogP contribution in [0.25, 0.3) is 0 Å². The van der Waals surface area contributed by atoms with Crippen LogP contribution in [0.3, 0.4) is 0 Å². The van der Waals surface area contributed by atoms with E-state index in [1.54, 1.807) is 0 Å². The third-order valence-electron chi connectivity index (χ3n) is 2.20. The van der Waals surface area contributed by atoms with Crippen molar-refractivity contribution in [2.24, 2.45) is 21.9 Å². The molecule has 0 aliphatic carbocycles. The van der Waals surface area contributed by atoms with Crippen LogP contribution in [-0.4, -0.2) is 41.8 Å². The predicted molar refractivity (Wildman–Crippen MR) is 50.1 cm³/mol. The van der Waals surface area contributed by atoms with Gasteiger partial charge in [0.2, 0.25) is 0 Å². The van der Waals surface area contributed by atoms with Gasteiger partial charge in [-0.3, -0.25) is 0 Å². The molecule has 0 atom stereocenters. The van der Waals surface area contributed by atoms with Crippen molar-refractivity contribution >= 4 is 11.9 Å². The molecule has 0 heterocycles. The van der Waals surface area contributed by atoms with E-state index in [4.69, 9.17) is 0 Å². The summed E-state index contributed by atoms with van der Waals surface area (Å²) in [6.07, 6.45) is -7.76. The minimum atomic E-state index is -7.54. The molecule has 0 unspecified atom stereocenters. The van der Waals surface area contributed by atoms with E-state index in [-0.39, 0.29) is 0 Å². The number of nitrogens with two attached hydrogens (primary N) is 2. The highest BCUT2D eigenvalue weighted by atomic mass is 19.4. The highest BCUT2D eigenvalue weighted by Crippen LogP contribution is 2.57. The molecule has 0 aromatic carbocycles. The van der Waals surface area contributed by atoms with E-state index in [2.05, 4.69) is 16.8 Å². The van der Waals surface area contributed by atoms with Crippen molar-refractivity contribution in [3.8, 4) is 0 Å². The summed E-state index contributed by atoms with van der Waals surface area (Å²) in [6.45, 7) is 0. The van der Waals surface area contributed by atoms with Crippen molar-refractivity contribution in [3.05, 3.63) is 0 Å². The summed E-state index contributed by atoms with van der Waals surface area (Å²) in [6, 6.07) is 0.